The summed E-state index contributed by atoms with van der Waals surface area (Å²) in [5, 5.41) is 3.52. The first kappa shape index (κ1) is 32.2. The second kappa shape index (κ2) is 12.1. The zero-order chi connectivity index (χ0) is 31.0. The molecule has 6 heteroatoms. The number of ether oxygens (including phenoxy) is 4. The molecule has 1 unspecified atom stereocenters. The predicted octanol–water partition coefficient (Wildman–Crippen LogP) is 7.26. The molecule has 5 nitrogen and oxygen atoms in total. The molecule has 0 aromatic heterocycles. The molecule has 1 atom stereocenters. The minimum Gasteiger partial charge on any atom is -0.467 e. The number of nitrogens with zero attached hydrogens (tertiary/aromatic N) is 1. The third kappa shape index (κ3) is 6.75. The number of aliphatic imine (C=N–C) groups is 1. The lowest BCUT2D eigenvalue weighted by atomic mass is 9.84. The van der Waals surface area contributed by atoms with Crippen LogP contribution in [0, 0.1) is 6.92 Å². The number of fused-ring (bicyclic) bond motifs is 3. The molecule has 226 valence electrons. The molecular formula is C36H48NO4P. The Balaban J connectivity index is 2.23. The zero-order valence-electron chi connectivity index (χ0n) is 27.6. The molecule has 1 aliphatic rings. The molecule has 0 saturated carbocycles. The Kier molecular flexibility index (Phi) is 9.28. The Bertz CT molecular complexity index is 1470. The third-order valence-electron chi connectivity index (χ3n) is 7.14. The minimum absolute atomic E-state index is 0.142. The molecule has 0 amide bonds. The van der Waals surface area contributed by atoms with Crippen molar-refractivity contribution in [3.63, 3.8) is 0 Å². The quantitative estimate of drug-likeness (QED) is 0.168. The molecule has 42 heavy (non-hydrogen) atoms. The summed E-state index contributed by atoms with van der Waals surface area (Å²) in [4.78, 5) is 5.34. The minimum atomic E-state index is -1.14. The van der Waals surface area contributed by atoms with E-state index in [1.807, 2.05) is 0 Å². The summed E-state index contributed by atoms with van der Waals surface area (Å²) >= 11 is 0. The Morgan fingerprint density at radius 2 is 1.19 bits per heavy atom. The van der Waals surface area contributed by atoms with Gasteiger partial charge in [-0.15, -0.1) is 0 Å². The van der Waals surface area contributed by atoms with Gasteiger partial charge in [0.1, 0.15) is 11.5 Å². The molecule has 0 aliphatic carbocycles. The summed E-state index contributed by atoms with van der Waals surface area (Å²) in [7, 11) is 2.19. The van der Waals surface area contributed by atoms with Gasteiger partial charge in [-0.3, -0.25) is 4.99 Å². The first-order chi connectivity index (χ1) is 19.6. The smallest absolute Gasteiger partial charge is 0.188 e. The number of aryl methyl sites for hydroxylation is 1. The van der Waals surface area contributed by atoms with E-state index in [1.54, 1.807) is 14.2 Å². The molecule has 0 N–H and O–H groups in total. The van der Waals surface area contributed by atoms with E-state index in [0.29, 0.717) is 0 Å². The highest BCUT2D eigenvalue weighted by molar-refractivity contribution is 7.80. The lowest BCUT2D eigenvalue weighted by Gasteiger charge is -2.31. The van der Waals surface area contributed by atoms with Gasteiger partial charge < -0.3 is 18.9 Å². The van der Waals surface area contributed by atoms with E-state index in [4.69, 9.17) is 23.9 Å². The Morgan fingerprint density at radius 3 is 1.71 bits per heavy atom. The van der Waals surface area contributed by atoms with Crippen LogP contribution < -0.4 is 25.4 Å². The fourth-order valence-electron chi connectivity index (χ4n) is 5.36. The van der Waals surface area contributed by atoms with Crippen molar-refractivity contribution in [3.8, 4) is 11.5 Å². The van der Waals surface area contributed by atoms with Crippen LogP contribution in [0.4, 0.5) is 0 Å². The zero-order valence-corrected chi connectivity index (χ0v) is 28.5. The van der Waals surface area contributed by atoms with Crippen LogP contribution in [0.25, 0.3) is 0 Å². The van der Waals surface area contributed by atoms with Crippen molar-refractivity contribution in [3.05, 3.63) is 76.3 Å². The third-order valence-corrected chi connectivity index (χ3v) is 9.64. The molecular weight excluding hydrogens is 541 g/mol. The van der Waals surface area contributed by atoms with Crippen LogP contribution in [0.2, 0.25) is 0 Å². The van der Waals surface area contributed by atoms with Gasteiger partial charge >= 0.3 is 0 Å². The van der Waals surface area contributed by atoms with Crippen LogP contribution in [-0.4, -0.2) is 39.1 Å². The maximum absolute atomic E-state index is 6.52. The lowest BCUT2D eigenvalue weighted by molar-refractivity contribution is 0.0506. The molecule has 0 saturated heterocycles. The fourth-order valence-corrected chi connectivity index (χ4v) is 8.18. The Labute approximate surface area is 254 Å². The second-order valence-electron chi connectivity index (χ2n) is 14.1. The number of hydrogen-bond donors (Lipinski definition) is 0. The first-order valence-electron chi connectivity index (χ1n) is 14.6. The molecule has 4 rings (SSSR count). The van der Waals surface area contributed by atoms with E-state index in [1.165, 1.54) is 10.9 Å². The summed E-state index contributed by atoms with van der Waals surface area (Å²) in [5.41, 5.74) is 6.16. The van der Waals surface area contributed by atoms with Crippen LogP contribution in [0.1, 0.15) is 90.1 Å². The molecule has 1 aliphatic heterocycles. The fraction of sp³-hybridized carbons (Fsp3) is 0.472. The first-order valence-corrected chi connectivity index (χ1v) is 16.0. The van der Waals surface area contributed by atoms with Crippen molar-refractivity contribution in [1.82, 2.24) is 0 Å². The van der Waals surface area contributed by atoms with Crippen LogP contribution in [0.3, 0.4) is 0 Å². The average Bonchev–Trinajstić information content (AvgIpc) is 2.98. The van der Waals surface area contributed by atoms with Crippen molar-refractivity contribution in [1.29, 1.82) is 0 Å². The summed E-state index contributed by atoms with van der Waals surface area (Å²) < 4.78 is 24.0. The van der Waals surface area contributed by atoms with Gasteiger partial charge in [-0.05, 0) is 75.5 Å². The topological polar surface area (TPSA) is 49.3 Å². The highest BCUT2D eigenvalue weighted by atomic mass is 31.1. The average molecular weight is 590 g/mol. The van der Waals surface area contributed by atoms with Gasteiger partial charge in [-0.25, -0.2) is 0 Å². The summed E-state index contributed by atoms with van der Waals surface area (Å²) in [5.74, 6) is 1.76. The van der Waals surface area contributed by atoms with Gasteiger partial charge in [-0.2, -0.15) is 0 Å². The number of benzene rings is 3. The lowest BCUT2D eigenvalue weighted by Crippen LogP contribution is -2.29. The molecule has 1 heterocycles. The maximum atomic E-state index is 6.52. The highest BCUT2D eigenvalue weighted by Gasteiger charge is 2.36. The monoisotopic (exact) mass is 589 g/mol. The molecule has 2 bridgehead atoms. The molecule has 0 fully saturated rings. The summed E-state index contributed by atoms with van der Waals surface area (Å²) in [6, 6.07) is 17.8. The van der Waals surface area contributed by atoms with Crippen molar-refractivity contribution in [2.45, 2.75) is 85.6 Å². The Hall–Kier alpha value is -2.72. The standard InChI is InChI=1S/C36H48NO4P/c1-23-17-26(34(2,3)4)32(40-21-38-11)29(18-23)42-28-16-14-13-15-25(28)31(37-36(8,9)10)24-19-27(35(5,6)7)33(30(42)20-24)41-22-39-12/h13-20H,21-22H2,1-12H3. The van der Waals surface area contributed by atoms with Crippen molar-refractivity contribution in [2.24, 2.45) is 4.99 Å². The van der Waals surface area contributed by atoms with E-state index >= 15 is 0 Å². The van der Waals surface area contributed by atoms with Gasteiger partial charge in [0.05, 0.1) is 11.3 Å². The van der Waals surface area contributed by atoms with Crippen LogP contribution in [0.15, 0.2) is 53.5 Å². The number of hydrogen-bond acceptors (Lipinski definition) is 5. The molecule has 3 aromatic carbocycles. The van der Waals surface area contributed by atoms with Gasteiger partial charge in [-0.1, -0.05) is 71.9 Å². The van der Waals surface area contributed by atoms with Crippen LogP contribution in [-0.2, 0) is 20.3 Å². The van der Waals surface area contributed by atoms with Crippen LogP contribution in [0.5, 0.6) is 11.5 Å². The number of methoxy groups -OCH3 is 2. The summed E-state index contributed by atoms with van der Waals surface area (Å²) in [6.45, 7) is 22.4. The van der Waals surface area contributed by atoms with Crippen molar-refractivity contribution >= 4 is 29.5 Å². The predicted molar refractivity (Wildman–Crippen MR) is 178 cm³/mol. The van der Waals surface area contributed by atoms with Gasteiger partial charge in [0.15, 0.2) is 13.6 Å². The van der Waals surface area contributed by atoms with Gasteiger partial charge in [0, 0.05) is 47.1 Å². The van der Waals surface area contributed by atoms with E-state index in [-0.39, 0.29) is 30.0 Å². The normalized spacial score (nSPS) is 16.3. The van der Waals surface area contributed by atoms with E-state index < -0.39 is 7.92 Å². The van der Waals surface area contributed by atoms with E-state index in [9.17, 15) is 0 Å². The number of rotatable bonds is 7. The Morgan fingerprint density at radius 1 is 0.667 bits per heavy atom. The van der Waals surface area contributed by atoms with E-state index in [0.717, 1.165) is 50.1 Å². The maximum Gasteiger partial charge on any atom is 0.188 e. The van der Waals surface area contributed by atoms with Crippen molar-refractivity contribution in [2.75, 3.05) is 27.8 Å². The molecule has 0 radical (unpaired) electrons. The van der Waals surface area contributed by atoms with Crippen molar-refractivity contribution < 1.29 is 18.9 Å². The summed E-state index contributed by atoms with van der Waals surface area (Å²) in [6.07, 6.45) is 0. The molecule has 0 spiro atoms. The SMILES string of the molecule is COCOc1c(P2c3ccccc3C(=NC(C)(C)C)c3cc2c(OCOC)c(C(C)(C)C)c3)cc(C)cc1C(C)(C)C. The van der Waals surface area contributed by atoms with Gasteiger partial charge in [0.2, 0.25) is 0 Å². The van der Waals surface area contributed by atoms with E-state index in [2.05, 4.69) is 118 Å². The largest absolute Gasteiger partial charge is 0.467 e. The second-order valence-corrected chi connectivity index (χ2v) is 16.2. The van der Waals surface area contributed by atoms with Gasteiger partial charge in [0.25, 0.3) is 0 Å². The molecule has 3 aromatic rings. The highest BCUT2D eigenvalue weighted by Crippen LogP contribution is 2.48. The van der Waals surface area contributed by atoms with Crippen LogP contribution >= 0.6 is 7.92 Å².